The molecule has 0 saturated carbocycles. The zero-order chi connectivity index (χ0) is 35.2. The average molecular weight is 709 g/mol. The fraction of sp³-hybridized carbons (Fsp3) is 1.00. The van der Waals surface area contributed by atoms with Gasteiger partial charge >= 0.3 is 0 Å². The van der Waals surface area contributed by atoms with E-state index in [0.717, 1.165) is 12.8 Å². The van der Waals surface area contributed by atoms with Crippen LogP contribution in [0.1, 0.15) is 247 Å². The van der Waals surface area contributed by atoms with Crippen molar-refractivity contribution in [3.05, 3.63) is 0 Å². The van der Waals surface area contributed by atoms with Crippen molar-refractivity contribution in [1.29, 1.82) is 0 Å². The van der Waals surface area contributed by atoms with E-state index in [1.807, 2.05) is 0 Å². The summed E-state index contributed by atoms with van der Waals surface area (Å²) in [7, 11) is 0. The van der Waals surface area contributed by atoms with Gasteiger partial charge in [0.05, 0.1) is 0 Å². The van der Waals surface area contributed by atoms with E-state index in [1.54, 1.807) is 27.7 Å². The van der Waals surface area contributed by atoms with Crippen LogP contribution in [0.15, 0.2) is 0 Å². The summed E-state index contributed by atoms with van der Waals surface area (Å²) in [6.07, 6.45) is 44.0. The zero-order valence-corrected chi connectivity index (χ0v) is 35.0. The molecule has 288 valence electrons. The largest absolute Gasteiger partial charge is 0.396 e. The van der Waals surface area contributed by atoms with Crippen molar-refractivity contribution in [1.82, 2.24) is 0 Å². The second-order valence-corrected chi connectivity index (χ2v) is 14.2. The Bertz CT molecular complexity index is 371. The summed E-state index contributed by atoms with van der Waals surface area (Å²) in [6, 6.07) is 0. The molecule has 0 aromatic rings. The van der Waals surface area contributed by atoms with Gasteiger partial charge < -0.3 is 20.4 Å². The van der Waals surface area contributed by atoms with Crippen LogP contribution in [-0.4, -0.2) is 45.8 Å². The maximum absolute atomic E-state index is 8.67. The van der Waals surface area contributed by atoms with Crippen molar-refractivity contribution < 1.29 is 42.1 Å². The predicted octanol–water partition coefficient (Wildman–Crippen LogP) is 13.3. The number of hydrogen-bond donors (Lipinski definition) is 4. The molecule has 0 radical (unpaired) electrons. The molecule has 0 aromatic carbocycles. The van der Waals surface area contributed by atoms with Crippen LogP contribution in [0.3, 0.4) is 0 Å². The summed E-state index contributed by atoms with van der Waals surface area (Å²) in [6.45, 7) is 12.2. The van der Waals surface area contributed by atoms with Gasteiger partial charge in [-0.1, -0.05) is 206 Å². The third kappa shape index (κ3) is 87.2. The van der Waals surface area contributed by atoms with E-state index in [-0.39, 0.29) is 33.9 Å². The molecule has 0 bridgehead atoms. The standard InChI is InChI=1S/2C18H38O.2C3H8O.Ti/c2*1-2-3-4-5-6-7-8-9-10-11-12-13-14-15-16-17-18-19;2*1-3(2)4;/h2*19H,2-18H2,1H3;2*3-4H,1-2H3;. The van der Waals surface area contributed by atoms with Gasteiger partial charge in [0, 0.05) is 47.1 Å². The van der Waals surface area contributed by atoms with E-state index in [1.165, 1.54) is 193 Å². The second-order valence-electron chi connectivity index (χ2n) is 14.2. The van der Waals surface area contributed by atoms with Crippen LogP contribution in [0.2, 0.25) is 0 Å². The maximum atomic E-state index is 8.67. The van der Waals surface area contributed by atoms with E-state index in [2.05, 4.69) is 13.8 Å². The molecule has 0 atom stereocenters. The van der Waals surface area contributed by atoms with Gasteiger partial charge in [0.2, 0.25) is 0 Å². The van der Waals surface area contributed by atoms with Gasteiger partial charge in [-0.3, -0.25) is 0 Å². The zero-order valence-electron chi connectivity index (χ0n) is 33.5. The summed E-state index contributed by atoms with van der Waals surface area (Å²) >= 11 is 0. The molecule has 0 amide bonds. The van der Waals surface area contributed by atoms with Crippen molar-refractivity contribution in [2.45, 2.75) is 259 Å². The Balaban J connectivity index is -0.000000200. The summed E-state index contributed by atoms with van der Waals surface area (Å²) in [5, 5.41) is 33.5. The Morgan fingerprint density at radius 1 is 0.277 bits per heavy atom. The summed E-state index contributed by atoms with van der Waals surface area (Å²) in [4.78, 5) is 0. The van der Waals surface area contributed by atoms with Crippen LogP contribution < -0.4 is 0 Å². The molecule has 47 heavy (non-hydrogen) atoms. The van der Waals surface area contributed by atoms with E-state index in [9.17, 15) is 0 Å². The third-order valence-electron chi connectivity index (χ3n) is 8.02. The second kappa shape index (κ2) is 58.7. The van der Waals surface area contributed by atoms with Crippen molar-refractivity contribution in [2.75, 3.05) is 13.2 Å². The van der Waals surface area contributed by atoms with Crippen molar-refractivity contribution in [2.24, 2.45) is 0 Å². The van der Waals surface area contributed by atoms with Crippen molar-refractivity contribution >= 4 is 0 Å². The van der Waals surface area contributed by atoms with E-state index < -0.39 is 0 Å². The molecule has 0 aromatic heterocycles. The Hall–Kier alpha value is 0.554. The Kier molecular flexibility index (Phi) is 71.1. The molecule has 0 rings (SSSR count). The first-order chi connectivity index (χ1) is 22.3. The van der Waals surface area contributed by atoms with Gasteiger partial charge in [-0.15, -0.1) is 0 Å². The first kappa shape index (κ1) is 56.9. The number of aliphatic hydroxyl groups excluding tert-OH is 4. The normalized spacial score (nSPS) is 10.5. The number of unbranched alkanes of at least 4 members (excludes halogenated alkanes) is 30. The van der Waals surface area contributed by atoms with Gasteiger partial charge in [-0.2, -0.15) is 0 Å². The molecular formula is C42H92O4Ti. The predicted molar refractivity (Wildman–Crippen MR) is 208 cm³/mol. The van der Waals surface area contributed by atoms with Crippen LogP contribution in [0.25, 0.3) is 0 Å². The molecule has 0 aliphatic rings. The van der Waals surface area contributed by atoms with Gasteiger partial charge in [0.25, 0.3) is 0 Å². The van der Waals surface area contributed by atoms with Crippen LogP contribution in [0, 0.1) is 0 Å². The Morgan fingerprint density at radius 2 is 0.383 bits per heavy atom. The van der Waals surface area contributed by atoms with Crippen LogP contribution in [0.4, 0.5) is 0 Å². The van der Waals surface area contributed by atoms with Gasteiger partial charge in [-0.25, -0.2) is 0 Å². The molecule has 0 aliphatic carbocycles. The molecule has 0 fully saturated rings. The maximum Gasteiger partial charge on any atom is 0.0483 e. The molecule has 0 unspecified atom stereocenters. The summed E-state index contributed by atoms with van der Waals surface area (Å²) < 4.78 is 0. The van der Waals surface area contributed by atoms with E-state index in [4.69, 9.17) is 20.4 Å². The van der Waals surface area contributed by atoms with Gasteiger partial charge in [0.1, 0.15) is 0 Å². The first-order valence-electron chi connectivity index (χ1n) is 20.9. The van der Waals surface area contributed by atoms with Crippen LogP contribution >= 0.6 is 0 Å². The van der Waals surface area contributed by atoms with Gasteiger partial charge in [0.15, 0.2) is 0 Å². The summed E-state index contributed by atoms with van der Waals surface area (Å²) in [5.41, 5.74) is 0. The SMILES string of the molecule is CC(C)O.CC(C)O.CCCCCCCCCCCCCCCCCCO.CCCCCCCCCCCCCCCCCCO.[Ti]. The van der Waals surface area contributed by atoms with Crippen molar-refractivity contribution in [3.8, 4) is 0 Å². The molecule has 0 heterocycles. The smallest absolute Gasteiger partial charge is 0.0483 e. The minimum atomic E-state index is -0.167. The quantitative estimate of drug-likeness (QED) is 0.0414. The topological polar surface area (TPSA) is 80.9 Å². The molecule has 5 heteroatoms. The molecule has 4 N–H and O–H groups in total. The van der Waals surface area contributed by atoms with E-state index >= 15 is 0 Å². The monoisotopic (exact) mass is 709 g/mol. The van der Waals surface area contributed by atoms with Crippen molar-refractivity contribution in [3.63, 3.8) is 0 Å². The fourth-order valence-corrected chi connectivity index (χ4v) is 5.32. The number of aliphatic hydroxyl groups is 4. The fourth-order valence-electron chi connectivity index (χ4n) is 5.32. The molecule has 0 spiro atoms. The molecule has 4 nitrogen and oxygen atoms in total. The third-order valence-corrected chi connectivity index (χ3v) is 8.02. The Labute approximate surface area is 313 Å². The van der Waals surface area contributed by atoms with Crippen LogP contribution in [-0.2, 0) is 21.7 Å². The van der Waals surface area contributed by atoms with Gasteiger partial charge in [-0.05, 0) is 40.5 Å². The molecule has 0 aliphatic heterocycles. The molecule has 0 saturated heterocycles. The Morgan fingerprint density at radius 3 is 0.489 bits per heavy atom. The van der Waals surface area contributed by atoms with Crippen LogP contribution in [0.5, 0.6) is 0 Å². The molecular weight excluding hydrogens is 616 g/mol. The summed E-state index contributed by atoms with van der Waals surface area (Å²) in [5.74, 6) is 0. The average Bonchev–Trinajstić information content (AvgIpc) is 3.01. The van der Waals surface area contributed by atoms with E-state index in [0.29, 0.717) is 13.2 Å². The minimum Gasteiger partial charge on any atom is -0.396 e. The minimum absolute atomic E-state index is 0. The number of rotatable bonds is 32. The first-order valence-corrected chi connectivity index (χ1v) is 20.9. The number of hydrogen-bond acceptors (Lipinski definition) is 4.